The smallest absolute Gasteiger partial charge is 0.338 e. The minimum atomic E-state index is -0.787. The van der Waals surface area contributed by atoms with E-state index in [1.165, 1.54) is 28.9 Å². The van der Waals surface area contributed by atoms with Gasteiger partial charge in [-0.2, -0.15) is 0 Å². The number of para-hydroxylation sites is 1. The Morgan fingerprint density at radius 1 is 1.17 bits per heavy atom. The van der Waals surface area contributed by atoms with Crippen LogP contribution in [0.15, 0.2) is 82.2 Å². The molecule has 184 valence electrons. The number of nitrogens with zero attached hydrogens (tertiary/aromatic N) is 2. The summed E-state index contributed by atoms with van der Waals surface area (Å²) in [6.45, 7) is 6.63. The number of hydrogen-bond acceptors (Lipinski definition) is 8. The molecule has 0 aliphatic carbocycles. The number of thiazole rings is 1. The Kier molecular flexibility index (Phi) is 7.30. The summed E-state index contributed by atoms with van der Waals surface area (Å²) in [6.07, 6.45) is 3.22. The highest BCUT2D eigenvalue weighted by Crippen LogP contribution is 2.31. The molecule has 1 aliphatic rings. The second-order valence-electron chi connectivity index (χ2n) is 7.87. The molecule has 8 nitrogen and oxygen atoms in total. The van der Waals surface area contributed by atoms with Crippen LogP contribution in [0.4, 0.5) is 0 Å². The predicted molar refractivity (Wildman–Crippen MR) is 136 cm³/mol. The van der Waals surface area contributed by atoms with E-state index in [1.54, 1.807) is 44.4 Å². The standard InChI is InChI=1S/C27H24N2O6S/c1-5-14-34-26(32)23-16(2)28-27-29(24(23)18-10-12-20(13-11-18)35-17(3)30)25(31)22(36-27)15-19-8-6-7-9-21(19)33-4/h5-13,15,24H,1,14H2,2-4H3/b22-15+/t24-/m1/s1. The lowest BCUT2D eigenvalue weighted by molar-refractivity contribution is -0.138. The van der Waals surface area contributed by atoms with E-state index in [2.05, 4.69) is 11.6 Å². The maximum atomic E-state index is 13.7. The number of ether oxygens (including phenoxy) is 3. The van der Waals surface area contributed by atoms with Crippen molar-refractivity contribution in [3.63, 3.8) is 0 Å². The fourth-order valence-corrected chi connectivity index (χ4v) is 4.96. The molecule has 0 spiro atoms. The Balaban J connectivity index is 1.91. The van der Waals surface area contributed by atoms with Crippen LogP contribution in [0, 0.1) is 0 Å². The van der Waals surface area contributed by atoms with Crippen molar-refractivity contribution in [1.29, 1.82) is 0 Å². The van der Waals surface area contributed by atoms with E-state index < -0.39 is 18.0 Å². The molecule has 0 amide bonds. The van der Waals surface area contributed by atoms with E-state index in [0.29, 0.717) is 32.1 Å². The molecular weight excluding hydrogens is 480 g/mol. The fourth-order valence-electron chi connectivity index (χ4n) is 3.92. The minimum Gasteiger partial charge on any atom is -0.496 e. The number of carbonyl (C=O) groups excluding carboxylic acids is 2. The monoisotopic (exact) mass is 504 g/mol. The second kappa shape index (κ2) is 10.6. The van der Waals surface area contributed by atoms with Crippen LogP contribution in [0.5, 0.6) is 11.5 Å². The number of benzene rings is 2. The third-order valence-electron chi connectivity index (χ3n) is 5.46. The van der Waals surface area contributed by atoms with Crippen LogP contribution in [0.1, 0.15) is 31.0 Å². The van der Waals surface area contributed by atoms with Gasteiger partial charge in [0.1, 0.15) is 18.1 Å². The molecule has 4 rings (SSSR count). The van der Waals surface area contributed by atoms with Crippen LogP contribution in [0.25, 0.3) is 6.08 Å². The number of fused-ring (bicyclic) bond motifs is 1. The number of carbonyl (C=O) groups is 2. The van der Waals surface area contributed by atoms with Crippen molar-refractivity contribution in [2.24, 2.45) is 4.99 Å². The van der Waals surface area contributed by atoms with Crippen LogP contribution in [-0.4, -0.2) is 30.2 Å². The average Bonchev–Trinajstić information content (AvgIpc) is 3.16. The number of allylic oxidation sites excluding steroid dienone is 1. The van der Waals surface area contributed by atoms with Gasteiger partial charge in [-0.3, -0.25) is 14.2 Å². The summed E-state index contributed by atoms with van der Waals surface area (Å²) < 4.78 is 17.8. The van der Waals surface area contributed by atoms with E-state index in [1.807, 2.05) is 24.3 Å². The minimum absolute atomic E-state index is 0.0198. The maximum Gasteiger partial charge on any atom is 0.338 e. The molecule has 0 N–H and O–H groups in total. The predicted octanol–water partition coefficient (Wildman–Crippen LogP) is 2.90. The van der Waals surface area contributed by atoms with Gasteiger partial charge >= 0.3 is 11.9 Å². The largest absolute Gasteiger partial charge is 0.496 e. The first kappa shape index (κ1) is 24.9. The van der Waals surface area contributed by atoms with Gasteiger partial charge in [-0.25, -0.2) is 9.79 Å². The van der Waals surface area contributed by atoms with Gasteiger partial charge < -0.3 is 14.2 Å². The molecule has 0 saturated carbocycles. The Labute approximate surface area is 211 Å². The fraction of sp³-hybridized carbons (Fsp3) is 0.185. The van der Waals surface area contributed by atoms with Gasteiger partial charge in [-0.15, -0.1) is 0 Å². The highest BCUT2D eigenvalue weighted by Gasteiger charge is 2.33. The van der Waals surface area contributed by atoms with Crippen LogP contribution in [0.3, 0.4) is 0 Å². The molecule has 1 aromatic heterocycles. The summed E-state index contributed by atoms with van der Waals surface area (Å²) in [5.41, 5.74) is 1.77. The molecule has 36 heavy (non-hydrogen) atoms. The lowest BCUT2D eigenvalue weighted by Gasteiger charge is -2.24. The number of hydrogen-bond donors (Lipinski definition) is 0. The zero-order valence-electron chi connectivity index (χ0n) is 20.0. The quantitative estimate of drug-likeness (QED) is 0.279. The van der Waals surface area contributed by atoms with E-state index >= 15 is 0 Å². The van der Waals surface area contributed by atoms with Gasteiger partial charge in [0, 0.05) is 12.5 Å². The van der Waals surface area contributed by atoms with E-state index in [0.717, 1.165) is 5.56 Å². The summed E-state index contributed by atoms with van der Waals surface area (Å²) in [5.74, 6) is -0.0575. The van der Waals surface area contributed by atoms with E-state index in [9.17, 15) is 14.4 Å². The molecule has 0 radical (unpaired) electrons. The number of rotatable bonds is 7. The molecule has 3 aromatic rings. The number of methoxy groups -OCH3 is 1. The highest BCUT2D eigenvalue weighted by molar-refractivity contribution is 7.07. The van der Waals surface area contributed by atoms with Crippen LogP contribution in [-0.2, 0) is 14.3 Å². The molecule has 1 atom stereocenters. The van der Waals surface area contributed by atoms with E-state index in [4.69, 9.17) is 14.2 Å². The Morgan fingerprint density at radius 3 is 2.56 bits per heavy atom. The molecule has 0 fully saturated rings. The van der Waals surface area contributed by atoms with Crippen molar-refractivity contribution in [3.05, 3.63) is 103 Å². The van der Waals surface area contributed by atoms with Crippen molar-refractivity contribution in [3.8, 4) is 11.5 Å². The normalized spacial score (nSPS) is 15.1. The molecule has 1 aliphatic heterocycles. The van der Waals surface area contributed by atoms with Crippen molar-refractivity contribution < 1.29 is 23.8 Å². The molecule has 2 aromatic carbocycles. The zero-order valence-corrected chi connectivity index (χ0v) is 20.8. The summed E-state index contributed by atoms with van der Waals surface area (Å²) in [6, 6.07) is 13.2. The van der Waals surface area contributed by atoms with Crippen LogP contribution >= 0.6 is 11.3 Å². The van der Waals surface area contributed by atoms with Crippen molar-refractivity contribution >= 4 is 29.4 Å². The zero-order chi connectivity index (χ0) is 25.8. The van der Waals surface area contributed by atoms with Crippen LogP contribution < -0.4 is 24.4 Å². The average molecular weight is 505 g/mol. The summed E-state index contributed by atoms with van der Waals surface area (Å²) in [4.78, 5) is 43.1. The lowest BCUT2D eigenvalue weighted by Crippen LogP contribution is -2.39. The SMILES string of the molecule is C=CCOC(=O)C1=C(C)N=c2s/c(=C/c3ccccc3OC)c(=O)n2[C@@H]1c1ccc(OC(C)=O)cc1. The van der Waals surface area contributed by atoms with Gasteiger partial charge in [-0.05, 0) is 36.8 Å². The first-order valence-electron chi connectivity index (χ1n) is 11.1. The molecule has 2 heterocycles. The van der Waals surface area contributed by atoms with Crippen molar-refractivity contribution in [2.45, 2.75) is 19.9 Å². The van der Waals surface area contributed by atoms with Crippen molar-refractivity contribution in [2.75, 3.05) is 13.7 Å². The number of aromatic nitrogens is 1. The molecular formula is C27H24N2O6S. The van der Waals surface area contributed by atoms with E-state index in [-0.39, 0.29) is 17.7 Å². The molecule has 0 saturated heterocycles. The number of esters is 2. The highest BCUT2D eigenvalue weighted by atomic mass is 32.1. The molecule has 9 heteroatoms. The molecule has 0 bridgehead atoms. The lowest BCUT2D eigenvalue weighted by atomic mass is 9.96. The van der Waals surface area contributed by atoms with Gasteiger partial charge in [0.2, 0.25) is 0 Å². The first-order valence-corrected chi connectivity index (χ1v) is 11.9. The second-order valence-corrected chi connectivity index (χ2v) is 8.88. The third kappa shape index (κ3) is 4.92. The van der Waals surface area contributed by atoms with Crippen LogP contribution in [0.2, 0.25) is 0 Å². The van der Waals surface area contributed by atoms with Crippen molar-refractivity contribution in [1.82, 2.24) is 4.57 Å². The molecule has 0 unspecified atom stereocenters. The Bertz CT molecular complexity index is 1550. The first-order chi connectivity index (χ1) is 17.3. The van der Waals surface area contributed by atoms with Gasteiger partial charge in [0.05, 0.1) is 29.0 Å². The summed E-state index contributed by atoms with van der Waals surface area (Å²) >= 11 is 1.22. The Hall–Kier alpha value is -4.24. The van der Waals surface area contributed by atoms with Gasteiger partial charge in [0.15, 0.2) is 4.80 Å². The topological polar surface area (TPSA) is 96.2 Å². The summed E-state index contributed by atoms with van der Waals surface area (Å²) in [7, 11) is 1.57. The third-order valence-corrected chi connectivity index (χ3v) is 6.44. The maximum absolute atomic E-state index is 13.7. The van der Waals surface area contributed by atoms with Gasteiger partial charge in [-0.1, -0.05) is 54.3 Å². The summed E-state index contributed by atoms with van der Waals surface area (Å²) in [5, 5.41) is 0. The Morgan fingerprint density at radius 2 is 1.89 bits per heavy atom. The van der Waals surface area contributed by atoms with Gasteiger partial charge in [0.25, 0.3) is 5.56 Å².